The van der Waals surface area contributed by atoms with Gasteiger partial charge < -0.3 is 14.3 Å². The van der Waals surface area contributed by atoms with Gasteiger partial charge in [-0.05, 0) is 7.05 Å². The maximum atomic E-state index is 9.63. The summed E-state index contributed by atoms with van der Waals surface area (Å²) in [7, 11) is 1.94. The molecule has 0 amide bonds. The lowest BCUT2D eigenvalue weighted by atomic mass is 10.2. The number of aryl methyl sites for hydroxylation is 1. The second kappa shape index (κ2) is 4.30. The summed E-state index contributed by atoms with van der Waals surface area (Å²) in [5.74, 6) is 1.48. The Morgan fingerprint density at radius 3 is 2.93 bits per heavy atom. The van der Waals surface area contributed by atoms with Crippen molar-refractivity contribution in [1.29, 1.82) is 0 Å². The van der Waals surface area contributed by atoms with Crippen molar-refractivity contribution < 1.29 is 14.3 Å². The molecule has 1 aromatic heterocycles. The Morgan fingerprint density at radius 1 is 1.60 bits per heavy atom. The molecule has 0 aromatic carbocycles. The number of rotatable bonds is 3. The van der Waals surface area contributed by atoms with Crippen LogP contribution >= 0.6 is 0 Å². The standard InChI is InChI=1S/C10H16N2O3/c1-7-11-3-8(15-7)4-12(2)9-5-14-6-10(9)13/h3,9-10,13H,4-6H2,1-2H3/t9-,10-/m1/s1. The quantitative estimate of drug-likeness (QED) is 0.774. The fourth-order valence-electron chi connectivity index (χ4n) is 1.79. The monoisotopic (exact) mass is 212 g/mol. The summed E-state index contributed by atoms with van der Waals surface area (Å²) in [5, 5.41) is 9.63. The Hall–Kier alpha value is -0.910. The van der Waals surface area contributed by atoms with E-state index < -0.39 is 6.10 Å². The zero-order chi connectivity index (χ0) is 10.8. The summed E-state index contributed by atoms with van der Waals surface area (Å²) in [4.78, 5) is 6.05. The van der Waals surface area contributed by atoms with Crippen LogP contribution in [0.25, 0.3) is 0 Å². The third kappa shape index (κ3) is 2.37. The fraction of sp³-hybridized carbons (Fsp3) is 0.700. The molecule has 1 N–H and O–H groups in total. The van der Waals surface area contributed by atoms with Gasteiger partial charge in [0.25, 0.3) is 0 Å². The number of aromatic nitrogens is 1. The summed E-state index contributed by atoms with van der Waals surface area (Å²) < 4.78 is 10.6. The largest absolute Gasteiger partial charge is 0.445 e. The molecule has 2 atom stereocenters. The smallest absolute Gasteiger partial charge is 0.191 e. The van der Waals surface area contributed by atoms with Gasteiger partial charge in [0.15, 0.2) is 5.89 Å². The minimum absolute atomic E-state index is 0.0513. The lowest BCUT2D eigenvalue weighted by Crippen LogP contribution is -2.39. The van der Waals surface area contributed by atoms with E-state index in [9.17, 15) is 5.11 Å². The Balaban J connectivity index is 1.94. The van der Waals surface area contributed by atoms with Crippen LogP contribution in [0.3, 0.4) is 0 Å². The Morgan fingerprint density at radius 2 is 2.40 bits per heavy atom. The predicted octanol–water partition coefficient (Wildman–Crippen LogP) is 0.175. The molecule has 1 aliphatic rings. The molecule has 0 aliphatic carbocycles. The van der Waals surface area contributed by atoms with Crippen molar-refractivity contribution in [2.75, 3.05) is 20.3 Å². The molecular weight excluding hydrogens is 196 g/mol. The molecule has 84 valence electrons. The van der Waals surface area contributed by atoms with E-state index in [2.05, 4.69) is 4.98 Å². The van der Waals surface area contributed by atoms with Crippen LogP contribution in [0.1, 0.15) is 11.7 Å². The van der Waals surface area contributed by atoms with E-state index in [0.29, 0.717) is 25.6 Å². The molecular formula is C10H16N2O3. The highest BCUT2D eigenvalue weighted by Crippen LogP contribution is 2.15. The van der Waals surface area contributed by atoms with Gasteiger partial charge in [-0.15, -0.1) is 0 Å². The highest BCUT2D eigenvalue weighted by atomic mass is 16.5. The molecule has 1 fully saturated rings. The topological polar surface area (TPSA) is 58.7 Å². The van der Waals surface area contributed by atoms with Crippen LogP contribution in [0.4, 0.5) is 0 Å². The highest BCUT2D eigenvalue weighted by Gasteiger charge is 2.29. The van der Waals surface area contributed by atoms with Crippen molar-refractivity contribution in [1.82, 2.24) is 9.88 Å². The molecule has 0 spiro atoms. The van der Waals surface area contributed by atoms with E-state index in [0.717, 1.165) is 5.76 Å². The van der Waals surface area contributed by atoms with E-state index in [1.54, 1.807) is 6.20 Å². The molecule has 0 radical (unpaired) electrons. The first-order chi connectivity index (χ1) is 7.16. The minimum atomic E-state index is -0.404. The number of likely N-dealkylation sites (N-methyl/N-ethyl adjacent to an activating group) is 1. The maximum Gasteiger partial charge on any atom is 0.191 e. The summed E-state index contributed by atoms with van der Waals surface area (Å²) in [6.07, 6.45) is 1.31. The summed E-state index contributed by atoms with van der Waals surface area (Å²) >= 11 is 0. The molecule has 0 bridgehead atoms. The lowest BCUT2D eigenvalue weighted by Gasteiger charge is -2.24. The SMILES string of the molecule is Cc1ncc(CN(C)[C@@H]2COC[C@H]2O)o1. The number of ether oxygens (including phenoxy) is 1. The molecule has 0 saturated carbocycles. The number of nitrogens with zero attached hydrogens (tertiary/aromatic N) is 2. The molecule has 5 nitrogen and oxygen atoms in total. The van der Waals surface area contributed by atoms with Crippen molar-refractivity contribution in [3.05, 3.63) is 17.8 Å². The zero-order valence-electron chi connectivity index (χ0n) is 9.01. The van der Waals surface area contributed by atoms with E-state index in [1.165, 1.54) is 0 Å². The number of oxazole rings is 1. The van der Waals surface area contributed by atoms with Gasteiger partial charge in [-0.3, -0.25) is 4.90 Å². The first-order valence-electron chi connectivity index (χ1n) is 5.04. The molecule has 15 heavy (non-hydrogen) atoms. The second-order valence-electron chi connectivity index (χ2n) is 3.93. The van der Waals surface area contributed by atoms with Gasteiger partial charge in [0.2, 0.25) is 0 Å². The Kier molecular flexibility index (Phi) is 3.04. The average Bonchev–Trinajstić information content (AvgIpc) is 2.75. The molecule has 5 heteroatoms. The van der Waals surface area contributed by atoms with Gasteiger partial charge in [0.1, 0.15) is 5.76 Å². The Bertz CT molecular complexity index is 326. The van der Waals surface area contributed by atoms with Crippen molar-refractivity contribution in [2.24, 2.45) is 0 Å². The summed E-state index contributed by atoms with van der Waals surface area (Å²) in [6.45, 7) is 3.46. The molecule has 1 saturated heterocycles. The fourth-order valence-corrected chi connectivity index (χ4v) is 1.79. The number of aliphatic hydroxyl groups is 1. The van der Waals surface area contributed by atoms with E-state index in [1.807, 2.05) is 18.9 Å². The van der Waals surface area contributed by atoms with Gasteiger partial charge in [-0.1, -0.05) is 0 Å². The zero-order valence-corrected chi connectivity index (χ0v) is 9.01. The van der Waals surface area contributed by atoms with Crippen molar-refractivity contribution in [3.8, 4) is 0 Å². The van der Waals surface area contributed by atoms with Crippen LogP contribution in [0.5, 0.6) is 0 Å². The normalized spacial score (nSPS) is 26.4. The summed E-state index contributed by atoms with van der Waals surface area (Å²) in [5.41, 5.74) is 0. The van der Waals surface area contributed by atoms with E-state index in [-0.39, 0.29) is 6.04 Å². The highest BCUT2D eigenvalue weighted by molar-refractivity contribution is 4.94. The predicted molar refractivity (Wildman–Crippen MR) is 53.3 cm³/mol. The molecule has 2 rings (SSSR count). The van der Waals surface area contributed by atoms with Gasteiger partial charge in [-0.2, -0.15) is 0 Å². The third-order valence-electron chi connectivity index (χ3n) is 2.66. The van der Waals surface area contributed by atoms with Gasteiger partial charge in [0.05, 0.1) is 38.1 Å². The minimum Gasteiger partial charge on any atom is -0.445 e. The number of aliphatic hydroxyl groups excluding tert-OH is 1. The first-order valence-corrected chi connectivity index (χ1v) is 5.04. The van der Waals surface area contributed by atoms with Gasteiger partial charge in [0, 0.05) is 6.92 Å². The van der Waals surface area contributed by atoms with Crippen molar-refractivity contribution in [2.45, 2.75) is 25.6 Å². The van der Waals surface area contributed by atoms with Crippen molar-refractivity contribution in [3.63, 3.8) is 0 Å². The van der Waals surface area contributed by atoms with Crippen LogP contribution in [0, 0.1) is 6.92 Å². The van der Waals surface area contributed by atoms with E-state index in [4.69, 9.17) is 9.15 Å². The second-order valence-corrected chi connectivity index (χ2v) is 3.93. The first kappa shape index (κ1) is 10.6. The van der Waals surface area contributed by atoms with Crippen LogP contribution in [0.15, 0.2) is 10.6 Å². The third-order valence-corrected chi connectivity index (χ3v) is 2.66. The maximum absolute atomic E-state index is 9.63. The van der Waals surface area contributed by atoms with E-state index >= 15 is 0 Å². The van der Waals surface area contributed by atoms with Gasteiger partial charge >= 0.3 is 0 Å². The van der Waals surface area contributed by atoms with Crippen LogP contribution in [0.2, 0.25) is 0 Å². The van der Waals surface area contributed by atoms with Crippen LogP contribution in [-0.2, 0) is 11.3 Å². The molecule has 1 aromatic rings. The van der Waals surface area contributed by atoms with Crippen LogP contribution in [-0.4, -0.2) is 47.4 Å². The van der Waals surface area contributed by atoms with Gasteiger partial charge in [-0.25, -0.2) is 4.98 Å². The Labute approximate surface area is 88.7 Å². The molecule has 1 aliphatic heterocycles. The number of hydrogen-bond donors (Lipinski definition) is 1. The van der Waals surface area contributed by atoms with Crippen molar-refractivity contribution >= 4 is 0 Å². The summed E-state index contributed by atoms with van der Waals surface area (Å²) in [6, 6.07) is 0.0513. The van der Waals surface area contributed by atoms with Crippen LogP contribution < -0.4 is 0 Å². The average molecular weight is 212 g/mol. The molecule has 2 heterocycles. The molecule has 0 unspecified atom stereocenters. The lowest BCUT2D eigenvalue weighted by molar-refractivity contribution is 0.0892. The number of hydrogen-bond acceptors (Lipinski definition) is 5.